The number of carbonyl (C=O) groups excluding carboxylic acids is 4. The number of carbonyl (C=O) groups is 5. The van der Waals surface area contributed by atoms with E-state index in [1.54, 1.807) is 26.0 Å². The maximum atomic E-state index is 13.3. The molecule has 0 radical (unpaired) electrons. The predicted octanol–water partition coefficient (Wildman–Crippen LogP) is -1.51. The first-order valence-electron chi connectivity index (χ1n) is 11.8. The number of nitrogens with one attached hydrogen (secondary N) is 3. The summed E-state index contributed by atoms with van der Waals surface area (Å²) in [6, 6.07) is 0.820. The minimum Gasteiger partial charge on any atom is -0.508 e. The fourth-order valence-electron chi connectivity index (χ4n) is 3.40. The molecule has 0 bridgehead atoms. The van der Waals surface area contributed by atoms with Crippen molar-refractivity contribution in [2.45, 2.75) is 76.7 Å². The van der Waals surface area contributed by atoms with Crippen molar-refractivity contribution in [3.63, 3.8) is 0 Å². The van der Waals surface area contributed by atoms with Crippen molar-refractivity contribution in [3.05, 3.63) is 29.8 Å². The smallest absolute Gasteiger partial charge is 0.328 e. The molecule has 0 saturated carbocycles. The van der Waals surface area contributed by atoms with Gasteiger partial charge in [0.25, 0.3) is 0 Å². The summed E-state index contributed by atoms with van der Waals surface area (Å²) in [5.74, 6) is -4.44. The number of hydrogen-bond acceptors (Lipinski definition) is 8. The molecular weight excluding hydrogens is 486 g/mol. The summed E-state index contributed by atoms with van der Waals surface area (Å²) in [4.78, 5) is 61.1. The zero-order valence-corrected chi connectivity index (χ0v) is 21.1. The Hall–Kier alpha value is -3.71. The lowest BCUT2D eigenvalue weighted by Gasteiger charge is -2.26. The minimum atomic E-state index is -1.59. The maximum Gasteiger partial charge on any atom is 0.328 e. The second-order valence-electron chi connectivity index (χ2n) is 9.30. The van der Waals surface area contributed by atoms with E-state index in [1.165, 1.54) is 19.1 Å². The van der Waals surface area contributed by atoms with Gasteiger partial charge in [0.1, 0.15) is 17.8 Å². The van der Waals surface area contributed by atoms with Gasteiger partial charge < -0.3 is 42.7 Å². The van der Waals surface area contributed by atoms with E-state index in [2.05, 4.69) is 16.0 Å². The number of aliphatic carboxylic acids is 1. The third-order valence-corrected chi connectivity index (χ3v) is 5.43. The van der Waals surface area contributed by atoms with Crippen molar-refractivity contribution in [2.75, 3.05) is 0 Å². The van der Waals surface area contributed by atoms with Crippen LogP contribution in [0.2, 0.25) is 0 Å². The number of aliphatic hydroxyl groups excluding tert-OH is 1. The van der Waals surface area contributed by atoms with Gasteiger partial charge in [0.15, 0.2) is 6.04 Å². The van der Waals surface area contributed by atoms with Crippen molar-refractivity contribution >= 4 is 29.6 Å². The fraction of sp³-hybridized carbons (Fsp3) is 0.542. The molecule has 0 saturated heterocycles. The predicted molar refractivity (Wildman–Crippen MR) is 133 cm³/mol. The van der Waals surface area contributed by atoms with Gasteiger partial charge in [0.05, 0.1) is 12.1 Å². The molecule has 0 spiro atoms. The summed E-state index contributed by atoms with van der Waals surface area (Å²) >= 11 is 0. The Kier molecular flexibility index (Phi) is 12.5. The molecular formula is C24H37N5O8. The molecule has 1 aromatic rings. The number of benzene rings is 1. The molecule has 0 heterocycles. The van der Waals surface area contributed by atoms with Crippen LogP contribution in [0.4, 0.5) is 0 Å². The van der Waals surface area contributed by atoms with E-state index < -0.39 is 59.9 Å². The molecule has 13 heteroatoms. The highest BCUT2D eigenvalue weighted by Gasteiger charge is 2.32. The first-order valence-corrected chi connectivity index (χ1v) is 11.8. The van der Waals surface area contributed by atoms with E-state index >= 15 is 0 Å². The van der Waals surface area contributed by atoms with Crippen molar-refractivity contribution in [3.8, 4) is 5.75 Å². The fourth-order valence-corrected chi connectivity index (χ4v) is 3.40. The Labute approximate surface area is 215 Å². The zero-order chi connectivity index (χ0) is 28.3. The average molecular weight is 524 g/mol. The number of phenols is 1. The molecule has 206 valence electrons. The number of hydrogen-bond donors (Lipinski definition) is 8. The number of aliphatic hydroxyl groups is 1. The average Bonchev–Trinajstić information content (AvgIpc) is 2.80. The molecule has 1 rings (SSSR count). The summed E-state index contributed by atoms with van der Waals surface area (Å²) in [6.07, 6.45) is -1.44. The van der Waals surface area contributed by atoms with Gasteiger partial charge in [0, 0.05) is 12.8 Å². The number of carboxylic acid groups (broad SMARTS) is 1. The zero-order valence-electron chi connectivity index (χ0n) is 21.1. The van der Waals surface area contributed by atoms with Gasteiger partial charge in [-0.25, -0.2) is 4.79 Å². The number of aromatic hydroxyl groups is 1. The highest BCUT2D eigenvalue weighted by Crippen LogP contribution is 2.13. The lowest BCUT2D eigenvalue weighted by Crippen LogP contribution is -2.58. The number of amides is 4. The van der Waals surface area contributed by atoms with Gasteiger partial charge in [-0.1, -0.05) is 26.0 Å². The van der Waals surface area contributed by atoms with E-state index in [0.29, 0.717) is 5.56 Å². The number of carboxylic acids is 1. The maximum absolute atomic E-state index is 13.3. The Morgan fingerprint density at radius 3 is 1.92 bits per heavy atom. The quantitative estimate of drug-likeness (QED) is 0.133. The minimum absolute atomic E-state index is 0.00188. The van der Waals surface area contributed by atoms with Crippen LogP contribution in [-0.4, -0.2) is 75.2 Å². The summed E-state index contributed by atoms with van der Waals surface area (Å²) in [5, 5.41) is 35.8. The number of phenolic OH excluding ortho intramolecular Hbond substituents is 1. The normalized spacial score (nSPS) is 15.1. The molecule has 0 aromatic heterocycles. The Bertz CT molecular complexity index is 951. The van der Waals surface area contributed by atoms with Crippen LogP contribution in [0.3, 0.4) is 0 Å². The van der Waals surface area contributed by atoms with Crippen molar-refractivity contribution in [1.82, 2.24) is 16.0 Å². The summed E-state index contributed by atoms with van der Waals surface area (Å²) in [7, 11) is 0. The van der Waals surface area contributed by atoms with Crippen molar-refractivity contribution < 1.29 is 39.3 Å². The third-order valence-electron chi connectivity index (χ3n) is 5.43. The second kappa shape index (κ2) is 14.8. The monoisotopic (exact) mass is 523 g/mol. The van der Waals surface area contributed by atoms with E-state index in [-0.39, 0.29) is 37.4 Å². The Morgan fingerprint density at radius 2 is 1.43 bits per heavy atom. The van der Waals surface area contributed by atoms with Gasteiger partial charge >= 0.3 is 5.97 Å². The van der Waals surface area contributed by atoms with E-state index in [0.717, 1.165) is 0 Å². The lowest BCUT2D eigenvalue weighted by atomic mass is 10.00. The molecule has 5 unspecified atom stereocenters. The molecule has 37 heavy (non-hydrogen) atoms. The van der Waals surface area contributed by atoms with Gasteiger partial charge in [-0.3, -0.25) is 19.2 Å². The third kappa shape index (κ3) is 11.3. The Morgan fingerprint density at radius 1 is 0.892 bits per heavy atom. The molecule has 10 N–H and O–H groups in total. The van der Waals surface area contributed by atoms with Crippen LogP contribution in [0.15, 0.2) is 24.3 Å². The highest BCUT2D eigenvalue weighted by molar-refractivity contribution is 5.94. The first-order chi connectivity index (χ1) is 17.2. The largest absolute Gasteiger partial charge is 0.508 e. The Balaban J connectivity index is 3.13. The van der Waals surface area contributed by atoms with Gasteiger partial charge in [-0.05, 0) is 43.4 Å². The van der Waals surface area contributed by atoms with Crippen LogP contribution in [0.25, 0.3) is 0 Å². The molecule has 4 amide bonds. The van der Waals surface area contributed by atoms with Gasteiger partial charge in [-0.2, -0.15) is 0 Å². The van der Waals surface area contributed by atoms with E-state index in [1.807, 2.05) is 0 Å². The van der Waals surface area contributed by atoms with Crippen LogP contribution in [-0.2, 0) is 30.4 Å². The summed E-state index contributed by atoms with van der Waals surface area (Å²) in [6.45, 7) is 4.80. The van der Waals surface area contributed by atoms with Crippen LogP contribution in [0.1, 0.15) is 45.6 Å². The molecule has 0 aliphatic rings. The molecule has 1 aromatic carbocycles. The summed E-state index contributed by atoms with van der Waals surface area (Å²) < 4.78 is 0. The molecule has 0 aliphatic heterocycles. The molecule has 0 aliphatic carbocycles. The van der Waals surface area contributed by atoms with Crippen LogP contribution in [0, 0.1) is 5.92 Å². The molecule has 0 fully saturated rings. The summed E-state index contributed by atoms with van der Waals surface area (Å²) in [5.41, 5.74) is 11.5. The lowest BCUT2D eigenvalue weighted by molar-refractivity contribution is -0.145. The van der Waals surface area contributed by atoms with Crippen molar-refractivity contribution in [2.24, 2.45) is 17.4 Å². The van der Waals surface area contributed by atoms with Crippen LogP contribution in [0.5, 0.6) is 5.75 Å². The number of nitrogens with two attached hydrogens (primary N) is 2. The number of primary amides is 1. The second-order valence-corrected chi connectivity index (χ2v) is 9.30. The van der Waals surface area contributed by atoms with Crippen LogP contribution < -0.4 is 27.4 Å². The SMILES string of the molecule is CC(C)CC(NC(=O)C(Cc1ccc(O)cc1)NC(=O)C(N)CCC(N)=O)C(=O)NC(C(=O)O)C(C)O. The van der Waals surface area contributed by atoms with E-state index in [4.69, 9.17) is 11.5 Å². The standard InChI is InChI=1S/C24H37N5O8/c1-12(2)10-17(23(35)29-20(13(3)30)24(36)37)28-22(34)18(11-14-4-6-15(31)7-5-14)27-21(33)16(25)8-9-19(26)32/h4-7,12-13,16-18,20,30-31H,8-11,25H2,1-3H3,(H2,26,32)(H,27,33)(H,28,34)(H,29,35)(H,36,37). The van der Waals surface area contributed by atoms with Gasteiger partial charge in [0.2, 0.25) is 23.6 Å². The number of rotatable bonds is 15. The van der Waals surface area contributed by atoms with Crippen LogP contribution >= 0.6 is 0 Å². The van der Waals surface area contributed by atoms with Crippen molar-refractivity contribution in [1.29, 1.82) is 0 Å². The van der Waals surface area contributed by atoms with Gasteiger partial charge in [-0.15, -0.1) is 0 Å². The first kappa shape index (κ1) is 31.3. The topological polar surface area (TPSA) is 234 Å². The highest BCUT2D eigenvalue weighted by atomic mass is 16.4. The van der Waals surface area contributed by atoms with E-state index in [9.17, 15) is 39.3 Å². The molecule has 5 atom stereocenters. The molecule has 13 nitrogen and oxygen atoms in total.